The minimum atomic E-state index is -4.54. The minimum Gasteiger partial charge on any atom is -0.493 e. The zero-order chi connectivity index (χ0) is 28.4. The van der Waals surface area contributed by atoms with E-state index in [1.807, 2.05) is 30.3 Å². The number of carbonyl (C=O) groups excluding carboxylic acids is 3. The highest BCUT2D eigenvalue weighted by Crippen LogP contribution is 2.31. The van der Waals surface area contributed by atoms with Gasteiger partial charge >= 0.3 is 18.0 Å². The summed E-state index contributed by atoms with van der Waals surface area (Å²) in [4.78, 5) is 36.3. The third-order valence-electron chi connectivity index (χ3n) is 5.25. The van der Waals surface area contributed by atoms with Crippen LogP contribution in [0.25, 0.3) is 0 Å². The second-order valence-electron chi connectivity index (χ2n) is 8.13. The van der Waals surface area contributed by atoms with Gasteiger partial charge in [-0.2, -0.15) is 18.3 Å². The average Bonchev–Trinajstić information content (AvgIpc) is 2.92. The van der Waals surface area contributed by atoms with Crippen LogP contribution in [0.3, 0.4) is 0 Å². The van der Waals surface area contributed by atoms with Crippen molar-refractivity contribution in [2.45, 2.75) is 19.1 Å². The molecular weight excluding hydrogens is 517 g/mol. The molecule has 12 heteroatoms. The first kappa shape index (κ1) is 28.7. The lowest BCUT2D eigenvalue weighted by molar-refractivity contribution is -0.139. The fourth-order valence-electron chi connectivity index (χ4n) is 3.30. The molecule has 3 amide bonds. The van der Waals surface area contributed by atoms with Gasteiger partial charge in [-0.15, -0.1) is 0 Å². The van der Waals surface area contributed by atoms with Crippen LogP contribution in [0.5, 0.6) is 11.5 Å². The first-order valence-corrected chi connectivity index (χ1v) is 11.5. The van der Waals surface area contributed by atoms with E-state index in [4.69, 9.17) is 9.47 Å². The highest BCUT2D eigenvalue weighted by Gasteiger charge is 2.30. The Labute approximate surface area is 222 Å². The van der Waals surface area contributed by atoms with Gasteiger partial charge in [0.05, 0.1) is 24.9 Å². The predicted molar refractivity (Wildman–Crippen MR) is 137 cm³/mol. The summed E-state index contributed by atoms with van der Waals surface area (Å²) in [6.07, 6.45) is -3.26. The van der Waals surface area contributed by atoms with E-state index in [0.717, 1.165) is 17.7 Å². The monoisotopic (exact) mass is 542 g/mol. The molecule has 0 aliphatic carbocycles. The molecule has 3 aromatic rings. The van der Waals surface area contributed by atoms with Crippen LogP contribution in [0.4, 0.5) is 18.9 Å². The van der Waals surface area contributed by atoms with Crippen LogP contribution < -0.4 is 25.5 Å². The molecule has 0 aromatic heterocycles. The Bertz CT molecular complexity index is 1350. The van der Waals surface area contributed by atoms with Gasteiger partial charge in [-0.1, -0.05) is 36.4 Å². The van der Waals surface area contributed by atoms with Gasteiger partial charge in [-0.25, -0.2) is 5.43 Å². The van der Waals surface area contributed by atoms with E-state index in [9.17, 15) is 27.6 Å². The molecule has 0 aliphatic heterocycles. The van der Waals surface area contributed by atoms with E-state index >= 15 is 0 Å². The van der Waals surface area contributed by atoms with Crippen LogP contribution in [0, 0.1) is 0 Å². The first-order valence-electron chi connectivity index (χ1n) is 11.5. The summed E-state index contributed by atoms with van der Waals surface area (Å²) in [5, 5.41) is 8.68. The Morgan fingerprint density at radius 1 is 0.949 bits per heavy atom. The van der Waals surface area contributed by atoms with E-state index in [2.05, 4.69) is 21.2 Å². The third-order valence-corrected chi connectivity index (χ3v) is 5.25. The van der Waals surface area contributed by atoms with Crippen molar-refractivity contribution >= 4 is 29.6 Å². The molecule has 0 heterocycles. The number of ether oxygens (including phenoxy) is 2. The summed E-state index contributed by atoms with van der Waals surface area (Å²) < 4.78 is 49.2. The van der Waals surface area contributed by atoms with Gasteiger partial charge in [0, 0.05) is 5.69 Å². The van der Waals surface area contributed by atoms with Gasteiger partial charge < -0.3 is 20.1 Å². The molecule has 1 atom stereocenters. The number of carbonyl (C=O) groups is 3. The van der Waals surface area contributed by atoms with Crippen molar-refractivity contribution in [3.05, 3.63) is 89.5 Å². The molecule has 39 heavy (non-hydrogen) atoms. The number of hydrogen-bond donors (Lipinski definition) is 3. The van der Waals surface area contributed by atoms with E-state index in [-0.39, 0.29) is 23.2 Å². The van der Waals surface area contributed by atoms with Crippen molar-refractivity contribution in [2.24, 2.45) is 5.10 Å². The molecule has 0 saturated carbocycles. The Hall–Kier alpha value is -4.87. The lowest BCUT2D eigenvalue weighted by Crippen LogP contribution is -2.39. The summed E-state index contributed by atoms with van der Waals surface area (Å²) in [6, 6.07) is 17.5. The molecule has 0 unspecified atom stereocenters. The number of amides is 3. The largest absolute Gasteiger partial charge is 0.493 e. The van der Waals surface area contributed by atoms with Gasteiger partial charge in [0.25, 0.3) is 5.91 Å². The molecule has 3 aromatic carbocycles. The zero-order valence-corrected chi connectivity index (χ0v) is 20.9. The molecule has 0 aliphatic rings. The van der Waals surface area contributed by atoms with E-state index in [1.54, 1.807) is 13.0 Å². The summed E-state index contributed by atoms with van der Waals surface area (Å²) in [6.45, 7) is 1.25. The maximum atomic E-state index is 12.8. The maximum absolute atomic E-state index is 12.8. The highest BCUT2D eigenvalue weighted by atomic mass is 19.4. The second-order valence-corrected chi connectivity index (χ2v) is 8.13. The topological polar surface area (TPSA) is 118 Å². The van der Waals surface area contributed by atoms with Crippen molar-refractivity contribution in [1.29, 1.82) is 0 Å². The molecule has 204 valence electrons. The van der Waals surface area contributed by atoms with Crippen molar-refractivity contribution < 1.29 is 37.0 Å². The molecule has 3 rings (SSSR count). The number of halogens is 3. The number of hydrogen-bond acceptors (Lipinski definition) is 6. The fourth-order valence-corrected chi connectivity index (χ4v) is 3.30. The second kappa shape index (κ2) is 13.1. The van der Waals surface area contributed by atoms with Crippen LogP contribution in [0.2, 0.25) is 0 Å². The van der Waals surface area contributed by atoms with Crippen LogP contribution in [-0.2, 0) is 20.6 Å². The maximum Gasteiger partial charge on any atom is 0.416 e. The van der Waals surface area contributed by atoms with E-state index in [0.29, 0.717) is 5.56 Å². The van der Waals surface area contributed by atoms with Crippen LogP contribution in [0.15, 0.2) is 77.9 Å². The number of benzene rings is 3. The Morgan fingerprint density at radius 2 is 1.69 bits per heavy atom. The lowest BCUT2D eigenvalue weighted by atomic mass is 10.1. The first-order chi connectivity index (χ1) is 18.6. The summed E-state index contributed by atoms with van der Waals surface area (Å²) >= 11 is 0. The van der Waals surface area contributed by atoms with Crippen LogP contribution in [-0.4, -0.2) is 37.7 Å². The molecule has 0 fully saturated rings. The predicted octanol–water partition coefficient (Wildman–Crippen LogP) is 4.06. The van der Waals surface area contributed by atoms with Gasteiger partial charge in [0.2, 0.25) is 0 Å². The summed E-state index contributed by atoms with van der Waals surface area (Å²) in [5.74, 6) is -2.07. The van der Waals surface area contributed by atoms with Crippen LogP contribution in [0.1, 0.15) is 29.7 Å². The van der Waals surface area contributed by atoms with Crippen molar-refractivity contribution in [1.82, 2.24) is 10.7 Å². The number of anilines is 1. The summed E-state index contributed by atoms with van der Waals surface area (Å²) in [5.41, 5.74) is 2.54. The normalized spacial score (nSPS) is 11.9. The molecule has 0 bridgehead atoms. The lowest BCUT2D eigenvalue weighted by Gasteiger charge is -2.13. The summed E-state index contributed by atoms with van der Waals surface area (Å²) in [7, 11) is 1.37. The molecule has 9 nitrogen and oxygen atoms in total. The number of rotatable bonds is 9. The van der Waals surface area contributed by atoms with Crippen molar-refractivity contribution in [2.75, 3.05) is 19.0 Å². The SMILES string of the molecule is COc1cc(/C=N\NC(=O)C(=O)N[C@@H](C)c2ccccc2)ccc1OCC(=O)Nc1cccc(C(F)(F)F)c1. The fraction of sp³-hybridized carbons (Fsp3) is 0.185. The number of nitrogens with one attached hydrogen (secondary N) is 3. The van der Waals surface area contributed by atoms with E-state index in [1.165, 1.54) is 37.6 Å². The zero-order valence-electron chi connectivity index (χ0n) is 20.9. The number of nitrogens with zero attached hydrogens (tertiary/aromatic N) is 1. The molecule has 0 radical (unpaired) electrons. The van der Waals surface area contributed by atoms with Crippen LogP contribution >= 0.6 is 0 Å². The molecule has 0 spiro atoms. The van der Waals surface area contributed by atoms with Gasteiger partial charge in [-0.05, 0) is 54.4 Å². The Balaban J connectivity index is 1.52. The van der Waals surface area contributed by atoms with E-state index < -0.39 is 36.1 Å². The van der Waals surface area contributed by atoms with Gasteiger partial charge in [0.1, 0.15) is 0 Å². The van der Waals surface area contributed by atoms with Gasteiger partial charge in [0.15, 0.2) is 18.1 Å². The van der Waals surface area contributed by atoms with Gasteiger partial charge in [-0.3, -0.25) is 14.4 Å². The average molecular weight is 543 g/mol. The number of hydrazone groups is 1. The quantitative estimate of drug-likeness (QED) is 0.214. The molecule has 0 saturated heterocycles. The van der Waals surface area contributed by atoms with Crippen molar-refractivity contribution in [3.8, 4) is 11.5 Å². The Kier molecular flexibility index (Phi) is 9.63. The van der Waals surface area contributed by atoms with Crippen molar-refractivity contribution in [3.63, 3.8) is 0 Å². The minimum absolute atomic E-state index is 0.0257. The molecular formula is C27H25F3N4O5. The molecule has 3 N–H and O–H groups in total. The Morgan fingerprint density at radius 3 is 2.38 bits per heavy atom. The number of methoxy groups -OCH3 is 1. The third kappa shape index (κ3) is 8.59. The smallest absolute Gasteiger partial charge is 0.416 e. The number of alkyl halides is 3. The highest BCUT2D eigenvalue weighted by molar-refractivity contribution is 6.35. The standard InChI is InChI=1S/C27H25F3N4O5/c1-17(19-7-4-3-5-8-19)32-25(36)26(37)34-31-15-18-11-12-22(23(13-18)38-2)39-16-24(35)33-21-10-6-9-20(14-21)27(28,29)30/h3-15,17H,16H2,1-2H3,(H,32,36)(H,33,35)(H,34,37)/b31-15-/t17-/m0/s1.